The van der Waals surface area contributed by atoms with E-state index in [1.807, 2.05) is 80.3 Å². The lowest BCUT2D eigenvalue weighted by Crippen LogP contribution is -2.31. The standard InChI is InChI=1S/C30H37NO4/c1-6-30(32)31(21-23-11-15-25(33-4)16-12-23)20-19-27(28-9-7-8-10-29(28)34-5)24-13-17-26(18-14-24)35-22(2)3/h7-18,22,27H,6,19-21H2,1-5H3/t27-/m1/s1. The van der Waals surface area contributed by atoms with E-state index < -0.39 is 0 Å². The van der Waals surface area contributed by atoms with Crippen molar-refractivity contribution in [2.24, 2.45) is 0 Å². The molecule has 5 heteroatoms. The molecule has 1 amide bonds. The predicted octanol–water partition coefficient (Wildman–Crippen LogP) is 6.45. The maximum Gasteiger partial charge on any atom is 0.222 e. The highest BCUT2D eigenvalue weighted by molar-refractivity contribution is 5.75. The molecular weight excluding hydrogens is 438 g/mol. The van der Waals surface area contributed by atoms with Gasteiger partial charge in [-0.3, -0.25) is 4.79 Å². The van der Waals surface area contributed by atoms with Crippen LogP contribution < -0.4 is 14.2 Å². The second-order valence-corrected chi connectivity index (χ2v) is 8.84. The van der Waals surface area contributed by atoms with Gasteiger partial charge in [-0.1, -0.05) is 49.4 Å². The van der Waals surface area contributed by atoms with Crippen LogP contribution in [0.3, 0.4) is 0 Å². The maximum atomic E-state index is 12.9. The Morgan fingerprint density at radius 3 is 2.11 bits per heavy atom. The molecule has 0 aliphatic carbocycles. The van der Waals surface area contributed by atoms with Crippen molar-refractivity contribution < 1.29 is 19.0 Å². The summed E-state index contributed by atoms with van der Waals surface area (Å²) in [6.45, 7) is 7.15. The molecular formula is C30H37NO4. The third kappa shape index (κ3) is 7.25. The van der Waals surface area contributed by atoms with Crippen LogP contribution in [-0.2, 0) is 11.3 Å². The van der Waals surface area contributed by atoms with Crippen molar-refractivity contribution in [1.29, 1.82) is 0 Å². The predicted molar refractivity (Wildman–Crippen MR) is 140 cm³/mol. The van der Waals surface area contributed by atoms with Gasteiger partial charge in [0.15, 0.2) is 0 Å². The number of carbonyl (C=O) groups excluding carboxylic acids is 1. The van der Waals surface area contributed by atoms with E-state index in [-0.39, 0.29) is 17.9 Å². The SMILES string of the molecule is CCC(=O)N(CC[C@H](c1ccc(OC(C)C)cc1)c1ccccc1OC)Cc1ccc(OC)cc1. The van der Waals surface area contributed by atoms with Gasteiger partial charge in [-0.15, -0.1) is 0 Å². The normalized spacial score (nSPS) is 11.7. The van der Waals surface area contributed by atoms with Crippen LogP contribution in [-0.4, -0.2) is 37.7 Å². The second-order valence-electron chi connectivity index (χ2n) is 8.84. The molecule has 0 spiro atoms. The van der Waals surface area contributed by atoms with E-state index in [9.17, 15) is 4.79 Å². The van der Waals surface area contributed by atoms with Gasteiger partial charge in [0.1, 0.15) is 17.2 Å². The van der Waals surface area contributed by atoms with Gasteiger partial charge >= 0.3 is 0 Å². The van der Waals surface area contributed by atoms with Gasteiger partial charge < -0.3 is 19.1 Å². The summed E-state index contributed by atoms with van der Waals surface area (Å²) < 4.78 is 16.8. The molecule has 3 aromatic carbocycles. The zero-order valence-corrected chi connectivity index (χ0v) is 21.5. The fraction of sp³-hybridized carbons (Fsp3) is 0.367. The molecule has 0 radical (unpaired) electrons. The van der Waals surface area contributed by atoms with E-state index in [1.165, 1.54) is 5.56 Å². The van der Waals surface area contributed by atoms with Crippen LogP contribution in [0.25, 0.3) is 0 Å². The Hall–Kier alpha value is -3.47. The lowest BCUT2D eigenvalue weighted by Gasteiger charge is -2.27. The smallest absolute Gasteiger partial charge is 0.222 e. The number of ether oxygens (including phenoxy) is 3. The first kappa shape index (κ1) is 26.1. The van der Waals surface area contributed by atoms with Crippen LogP contribution in [0.5, 0.6) is 17.2 Å². The third-order valence-corrected chi connectivity index (χ3v) is 6.04. The minimum absolute atomic E-state index is 0.0715. The fourth-order valence-corrected chi connectivity index (χ4v) is 4.26. The van der Waals surface area contributed by atoms with Gasteiger partial charge in [0.05, 0.1) is 20.3 Å². The molecule has 0 N–H and O–H groups in total. The number of amides is 1. The summed E-state index contributed by atoms with van der Waals surface area (Å²) in [5.41, 5.74) is 3.36. The summed E-state index contributed by atoms with van der Waals surface area (Å²) in [5, 5.41) is 0. The van der Waals surface area contributed by atoms with Crippen molar-refractivity contribution in [3.63, 3.8) is 0 Å². The van der Waals surface area contributed by atoms with Gasteiger partial charge in [-0.25, -0.2) is 0 Å². The summed E-state index contributed by atoms with van der Waals surface area (Å²) in [7, 11) is 3.35. The molecule has 0 saturated heterocycles. The Labute approximate surface area is 209 Å². The maximum absolute atomic E-state index is 12.9. The highest BCUT2D eigenvalue weighted by atomic mass is 16.5. The largest absolute Gasteiger partial charge is 0.497 e. The van der Waals surface area contributed by atoms with Crippen molar-refractivity contribution >= 4 is 5.91 Å². The number of benzene rings is 3. The molecule has 0 unspecified atom stereocenters. The number of hydrogen-bond donors (Lipinski definition) is 0. The lowest BCUT2D eigenvalue weighted by atomic mass is 9.87. The van der Waals surface area contributed by atoms with Gasteiger partial charge in [0.2, 0.25) is 5.91 Å². The Kier molecular flexibility index (Phi) is 9.59. The molecule has 5 nitrogen and oxygen atoms in total. The Balaban J connectivity index is 1.86. The van der Waals surface area contributed by atoms with Gasteiger partial charge in [0.25, 0.3) is 0 Å². The average Bonchev–Trinajstić information content (AvgIpc) is 2.88. The molecule has 0 aliphatic heterocycles. The highest BCUT2D eigenvalue weighted by Gasteiger charge is 2.21. The van der Waals surface area contributed by atoms with E-state index in [4.69, 9.17) is 14.2 Å². The number of para-hydroxylation sites is 1. The van der Waals surface area contributed by atoms with E-state index in [0.29, 0.717) is 19.5 Å². The van der Waals surface area contributed by atoms with E-state index in [0.717, 1.165) is 34.8 Å². The Bertz CT molecular complexity index is 1060. The first-order chi connectivity index (χ1) is 16.9. The van der Waals surface area contributed by atoms with Crippen LogP contribution in [0.4, 0.5) is 0 Å². The first-order valence-electron chi connectivity index (χ1n) is 12.2. The fourth-order valence-electron chi connectivity index (χ4n) is 4.26. The minimum atomic E-state index is 0.0715. The first-order valence-corrected chi connectivity index (χ1v) is 12.2. The molecule has 3 aromatic rings. The van der Waals surface area contributed by atoms with Crippen molar-refractivity contribution in [2.75, 3.05) is 20.8 Å². The topological polar surface area (TPSA) is 48.0 Å². The van der Waals surface area contributed by atoms with E-state index in [1.54, 1.807) is 14.2 Å². The van der Waals surface area contributed by atoms with E-state index >= 15 is 0 Å². The summed E-state index contributed by atoms with van der Waals surface area (Å²) in [4.78, 5) is 14.8. The molecule has 0 bridgehead atoms. The molecule has 1 atom stereocenters. The van der Waals surface area contributed by atoms with Crippen molar-refractivity contribution in [3.8, 4) is 17.2 Å². The summed E-state index contributed by atoms with van der Waals surface area (Å²) in [5.74, 6) is 2.72. The van der Waals surface area contributed by atoms with Crippen LogP contribution in [0.2, 0.25) is 0 Å². The van der Waals surface area contributed by atoms with Crippen LogP contribution in [0.15, 0.2) is 72.8 Å². The highest BCUT2D eigenvalue weighted by Crippen LogP contribution is 2.35. The summed E-state index contributed by atoms with van der Waals surface area (Å²) in [6.07, 6.45) is 1.36. The van der Waals surface area contributed by atoms with E-state index in [2.05, 4.69) is 18.2 Å². The molecule has 186 valence electrons. The average molecular weight is 476 g/mol. The van der Waals surface area contributed by atoms with Crippen molar-refractivity contribution in [3.05, 3.63) is 89.5 Å². The number of methoxy groups -OCH3 is 2. The van der Waals surface area contributed by atoms with Crippen LogP contribution in [0.1, 0.15) is 56.2 Å². The Morgan fingerprint density at radius 1 is 0.857 bits per heavy atom. The molecule has 0 heterocycles. The molecule has 0 aliphatic rings. The second kappa shape index (κ2) is 12.8. The zero-order chi connectivity index (χ0) is 25.2. The van der Waals surface area contributed by atoms with Crippen molar-refractivity contribution in [2.45, 2.75) is 52.2 Å². The van der Waals surface area contributed by atoms with Gasteiger partial charge in [-0.2, -0.15) is 0 Å². The quantitative estimate of drug-likeness (QED) is 0.302. The number of nitrogens with zero attached hydrogens (tertiary/aromatic N) is 1. The molecule has 0 saturated carbocycles. The van der Waals surface area contributed by atoms with Gasteiger partial charge in [0, 0.05) is 31.0 Å². The summed E-state index contributed by atoms with van der Waals surface area (Å²) in [6, 6.07) is 24.3. The van der Waals surface area contributed by atoms with Gasteiger partial charge in [-0.05, 0) is 61.7 Å². The molecule has 0 fully saturated rings. The number of rotatable bonds is 12. The third-order valence-electron chi connectivity index (χ3n) is 6.04. The summed E-state index contributed by atoms with van der Waals surface area (Å²) >= 11 is 0. The molecule has 3 rings (SSSR count). The minimum Gasteiger partial charge on any atom is -0.497 e. The number of carbonyl (C=O) groups is 1. The Morgan fingerprint density at radius 2 is 1.51 bits per heavy atom. The molecule has 35 heavy (non-hydrogen) atoms. The zero-order valence-electron chi connectivity index (χ0n) is 21.5. The monoisotopic (exact) mass is 475 g/mol. The lowest BCUT2D eigenvalue weighted by molar-refractivity contribution is -0.131. The molecule has 0 aromatic heterocycles. The van der Waals surface area contributed by atoms with Crippen LogP contribution >= 0.6 is 0 Å². The van der Waals surface area contributed by atoms with Crippen molar-refractivity contribution in [1.82, 2.24) is 4.90 Å². The number of hydrogen-bond acceptors (Lipinski definition) is 4. The van der Waals surface area contributed by atoms with Crippen LogP contribution in [0, 0.1) is 0 Å².